The molecule has 1 atom stereocenters. The van der Waals surface area contributed by atoms with Gasteiger partial charge in [-0.25, -0.2) is 8.78 Å². The molecular weight excluding hydrogens is 298 g/mol. The molecule has 1 nitrogen and oxygen atoms in total. The molecule has 1 aromatic carbocycles. The number of rotatable bonds is 2. The third-order valence-corrected chi connectivity index (χ3v) is 3.82. The minimum atomic E-state index is -1.13. The van der Waals surface area contributed by atoms with Gasteiger partial charge in [-0.1, -0.05) is 12.1 Å². The second kappa shape index (κ2) is 4.61. The summed E-state index contributed by atoms with van der Waals surface area (Å²) in [6.07, 6.45) is -1.13. The van der Waals surface area contributed by atoms with Gasteiger partial charge in [0.25, 0.3) is 0 Å². The fraction of sp³-hybridized carbons (Fsp3) is 0.0909. The van der Waals surface area contributed by atoms with Gasteiger partial charge in [0.15, 0.2) is 11.6 Å². The first-order valence-corrected chi connectivity index (χ1v) is 6.07. The Morgan fingerprint density at radius 2 is 1.94 bits per heavy atom. The van der Waals surface area contributed by atoms with Crippen LogP contribution in [0.2, 0.25) is 0 Å². The second-order valence-electron chi connectivity index (χ2n) is 3.19. The van der Waals surface area contributed by atoms with Crippen molar-refractivity contribution >= 4 is 27.3 Å². The Balaban J connectivity index is 2.41. The average Bonchev–Trinajstić information content (AvgIpc) is 2.68. The molecule has 2 rings (SSSR count). The molecule has 0 radical (unpaired) electrons. The molecule has 0 saturated heterocycles. The average molecular weight is 305 g/mol. The summed E-state index contributed by atoms with van der Waals surface area (Å²) >= 11 is 4.53. The Morgan fingerprint density at radius 1 is 1.19 bits per heavy atom. The van der Waals surface area contributed by atoms with Crippen molar-refractivity contribution in [3.05, 3.63) is 56.2 Å². The molecule has 84 valence electrons. The summed E-state index contributed by atoms with van der Waals surface area (Å²) in [6, 6.07) is 7.19. The molecule has 5 heteroatoms. The standard InChI is InChI=1S/C11H7BrF2OS/c12-9-5-4-8(16-9)11(15)6-2-1-3-7(13)10(6)14/h1-5,11,15H. The van der Waals surface area contributed by atoms with Gasteiger partial charge in [0.05, 0.1) is 3.79 Å². The van der Waals surface area contributed by atoms with Crippen molar-refractivity contribution in [2.24, 2.45) is 0 Å². The second-order valence-corrected chi connectivity index (χ2v) is 5.68. The minimum Gasteiger partial charge on any atom is -0.383 e. The molecule has 1 heterocycles. The molecule has 0 saturated carbocycles. The number of halogens is 3. The van der Waals surface area contributed by atoms with Crippen LogP contribution < -0.4 is 0 Å². The summed E-state index contributed by atoms with van der Waals surface area (Å²) in [5, 5.41) is 9.89. The quantitative estimate of drug-likeness (QED) is 0.893. The Morgan fingerprint density at radius 3 is 2.56 bits per heavy atom. The minimum absolute atomic E-state index is 0.0469. The van der Waals surface area contributed by atoms with Crippen LogP contribution in [-0.4, -0.2) is 5.11 Å². The Kier molecular flexibility index (Phi) is 3.37. The smallest absolute Gasteiger partial charge is 0.164 e. The van der Waals surface area contributed by atoms with Crippen molar-refractivity contribution in [1.29, 1.82) is 0 Å². The third-order valence-electron chi connectivity index (χ3n) is 2.14. The molecule has 0 fully saturated rings. The van der Waals surface area contributed by atoms with E-state index in [0.29, 0.717) is 4.88 Å². The fourth-order valence-corrected chi connectivity index (χ4v) is 2.79. The van der Waals surface area contributed by atoms with Gasteiger partial charge in [-0.15, -0.1) is 11.3 Å². The van der Waals surface area contributed by atoms with E-state index in [1.165, 1.54) is 23.5 Å². The zero-order valence-electron chi connectivity index (χ0n) is 7.95. The van der Waals surface area contributed by atoms with E-state index in [-0.39, 0.29) is 5.56 Å². The van der Waals surface area contributed by atoms with Gasteiger partial charge >= 0.3 is 0 Å². The van der Waals surface area contributed by atoms with Gasteiger partial charge < -0.3 is 5.11 Å². The molecule has 0 aliphatic heterocycles. The highest BCUT2D eigenvalue weighted by atomic mass is 79.9. The van der Waals surface area contributed by atoms with E-state index in [0.717, 1.165) is 9.85 Å². The first-order valence-electron chi connectivity index (χ1n) is 4.47. The number of hydrogen-bond acceptors (Lipinski definition) is 2. The summed E-state index contributed by atoms with van der Waals surface area (Å²) < 4.78 is 27.2. The highest BCUT2D eigenvalue weighted by Crippen LogP contribution is 2.32. The predicted octanol–water partition coefficient (Wildman–Crippen LogP) is 3.87. The molecule has 1 N–H and O–H groups in total. The zero-order valence-corrected chi connectivity index (χ0v) is 10.4. The van der Waals surface area contributed by atoms with E-state index in [2.05, 4.69) is 15.9 Å². The van der Waals surface area contributed by atoms with Crippen molar-refractivity contribution in [2.75, 3.05) is 0 Å². The normalized spacial score (nSPS) is 12.8. The van der Waals surface area contributed by atoms with Crippen LogP contribution in [0.4, 0.5) is 8.78 Å². The molecule has 0 amide bonds. The molecule has 0 aliphatic rings. The van der Waals surface area contributed by atoms with Crippen LogP contribution in [0, 0.1) is 11.6 Å². The van der Waals surface area contributed by atoms with E-state index in [1.807, 2.05) is 0 Å². The number of aliphatic hydroxyl groups is 1. The van der Waals surface area contributed by atoms with Gasteiger partial charge in [0.1, 0.15) is 6.10 Å². The Bertz CT molecular complexity index is 512. The molecule has 1 aromatic heterocycles. The van der Waals surface area contributed by atoms with Crippen molar-refractivity contribution < 1.29 is 13.9 Å². The van der Waals surface area contributed by atoms with Crippen molar-refractivity contribution in [1.82, 2.24) is 0 Å². The van der Waals surface area contributed by atoms with Crippen LogP contribution in [-0.2, 0) is 0 Å². The summed E-state index contributed by atoms with van der Waals surface area (Å²) in [5.41, 5.74) is -0.0469. The monoisotopic (exact) mass is 304 g/mol. The molecule has 0 spiro atoms. The third kappa shape index (κ3) is 2.16. The van der Waals surface area contributed by atoms with E-state index in [1.54, 1.807) is 12.1 Å². The van der Waals surface area contributed by atoms with Crippen LogP contribution in [0.3, 0.4) is 0 Å². The SMILES string of the molecule is OC(c1ccc(Br)s1)c1cccc(F)c1F. The maximum Gasteiger partial charge on any atom is 0.164 e. The Hall–Kier alpha value is -0.780. The van der Waals surface area contributed by atoms with Crippen molar-refractivity contribution in [2.45, 2.75) is 6.10 Å². The van der Waals surface area contributed by atoms with Gasteiger partial charge in [0, 0.05) is 10.4 Å². The fourth-order valence-electron chi connectivity index (χ4n) is 1.36. The maximum absolute atomic E-state index is 13.4. The van der Waals surface area contributed by atoms with Crippen LogP contribution in [0.5, 0.6) is 0 Å². The van der Waals surface area contributed by atoms with Gasteiger partial charge in [-0.2, -0.15) is 0 Å². The van der Waals surface area contributed by atoms with E-state index >= 15 is 0 Å². The van der Waals surface area contributed by atoms with Gasteiger partial charge in [-0.3, -0.25) is 0 Å². The molecule has 1 unspecified atom stereocenters. The van der Waals surface area contributed by atoms with E-state index < -0.39 is 17.7 Å². The van der Waals surface area contributed by atoms with Gasteiger partial charge in [0.2, 0.25) is 0 Å². The first kappa shape index (κ1) is 11.7. The molecule has 0 aliphatic carbocycles. The largest absolute Gasteiger partial charge is 0.383 e. The summed E-state index contributed by atoms with van der Waals surface area (Å²) in [5.74, 6) is -1.95. The maximum atomic E-state index is 13.4. The number of hydrogen-bond donors (Lipinski definition) is 1. The summed E-state index contributed by atoms with van der Waals surface area (Å²) in [7, 11) is 0. The van der Waals surface area contributed by atoms with Crippen LogP contribution in [0.15, 0.2) is 34.1 Å². The topological polar surface area (TPSA) is 20.2 Å². The highest BCUT2D eigenvalue weighted by Gasteiger charge is 2.18. The first-order chi connectivity index (χ1) is 7.59. The summed E-state index contributed by atoms with van der Waals surface area (Å²) in [6.45, 7) is 0. The van der Waals surface area contributed by atoms with Crippen molar-refractivity contribution in [3.8, 4) is 0 Å². The Labute approximate surface area is 103 Å². The number of benzene rings is 1. The number of thiophene rings is 1. The van der Waals surface area contributed by atoms with Gasteiger partial charge in [-0.05, 0) is 34.1 Å². The van der Waals surface area contributed by atoms with Crippen LogP contribution in [0.25, 0.3) is 0 Å². The molecule has 16 heavy (non-hydrogen) atoms. The molecular formula is C11H7BrF2OS. The highest BCUT2D eigenvalue weighted by molar-refractivity contribution is 9.11. The lowest BCUT2D eigenvalue weighted by Gasteiger charge is -2.10. The van der Waals surface area contributed by atoms with E-state index in [9.17, 15) is 13.9 Å². The molecule has 2 aromatic rings. The zero-order chi connectivity index (χ0) is 11.7. The van der Waals surface area contributed by atoms with Crippen LogP contribution in [0.1, 0.15) is 16.5 Å². The number of aliphatic hydroxyl groups excluding tert-OH is 1. The lowest BCUT2D eigenvalue weighted by Crippen LogP contribution is -2.02. The molecule has 0 bridgehead atoms. The van der Waals surface area contributed by atoms with Crippen molar-refractivity contribution in [3.63, 3.8) is 0 Å². The lowest BCUT2D eigenvalue weighted by molar-refractivity contribution is 0.217. The lowest BCUT2D eigenvalue weighted by atomic mass is 10.1. The van der Waals surface area contributed by atoms with E-state index in [4.69, 9.17) is 0 Å². The van der Waals surface area contributed by atoms with Crippen LogP contribution >= 0.6 is 27.3 Å². The summed E-state index contributed by atoms with van der Waals surface area (Å²) in [4.78, 5) is 0.566. The predicted molar refractivity (Wildman–Crippen MR) is 62.4 cm³/mol.